The Labute approximate surface area is 164 Å². The van der Waals surface area contributed by atoms with E-state index in [1.807, 2.05) is 19.9 Å². The van der Waals surface area contributed by atoms with Crippen LogP contribution in [-0.2, 0) is 10.0 Å². The molecule has 0 saturated heterocycles. The third-order valence-electron chi connectivity index (χ3n) is 4.39. The van der Waals surface area contributed by atoms with Gasteiger partial charge < -0.3 is 14.2 Å². The van der Waals surface area contributed by atoms with Gasteiger partial charge in [0.2, 0.25) is 10.0 Å². The van der Waals surface area contributed by atoms with Gasteiger partial charge in [-0.1, -0.05) is 17.7 Å². The molecule has 0 bridgehead atoms. The molecule has 0 aromatic heterocycles. The van der Waals surface area contributed by atoms with Crippen LogP contribution in [0.4, 0.5) is 0 Å². The Balaban J connectivity index is 2.01. The highest BCUT2D eigenvalue weighted by Gasteiger charge is 2.37. The van der Waals surface area contributed by atoms with E-state index >= 15 is 0 Å². The topological polar surface area (TPSA) is 73.9 Å². The number of hydrogen-bond acceptors (Lipinski definition) is 5. The standard InChI is InChI=1S/C19H22ClNO5S/c1-19(2)11-15(14-7-6-13(24-3)10-17(14)26-19)21-27(22,23)18-9-12(20)5-8-16(18)25-4/h5-10,15,21H,11H2,1-4H3/t15-/m1/s1. The molecule has 0 saturated carbocycles. The number of methoxy groups -OCH3 is 2. The highest BCUT2D eigenvalue weighted by atomic mass is 35.5. The van der Waals surface area contributed by atoms with Gasteiger partial charge in [-0.25, -0.2) is 13.1 Å². The molecule has 3 rings (SSSR count). The van der Waals surface area contributed by atoms with Crippen LogP contribution in [0, 0.1) is 0 Å². The summed E-state index contributed by atoms with van der Waals surface area (Å²) in [6, 6.07) is 9.37. The van der Waals surface area contributed by atoms with Crippen molar-refractivity contribution in [1.82, 2.24) is 4.72 Å². The van der Waals surface area contributed by atoms with Crippen LogP contribution in [0.25, 0.3) is 0 Å². The Bertz CT molecular complexity index is 959. The SMILES string of the molecule is COc1ccc2c(c1)OC(C)(C)C[C@H]2NS(=O)(=O)c1cc(Cl)ccc1OC. The molecular formula is C19H22ClNO5S. The molecule has 1 aliphatic rings. The maximum Gasteiger partial charge on any atom is 0.244 e. The van der Waals surface area contributed by atoms with Gasteiger partial charge >= 0.3 is 0 Å². The van der Waals surface area contributed by atoms with Gasteiger partial charge in [0.15, 0.2) is 0 Å². The zero-order valence-electron chi connectivity index (χ0n) is 15.6. The van der Waals surface area contributed by atoms with Crippen molar-refractivity contribution in [3.8, 4) is 17.2 Å². The number of benzene rings is 2. The lowest BCUT2D eigenvalue weighted by atomic mass is 9.90. The predicted molar refractivity (Wildman–Crippen MR) is 103 cm³/mol. The quantitative estimate of drug-likeness (QED) is 0.806. The van der Waals surface area contributed by atoms with Crippen molar-refractivity contribution >= 4 is 21.6 Å². The Hall–Kier alpha value is -1.96. The van der Waals surface area contributed by atoms with Crippen LogP contribution >= 0.6 is 11.6 Å². The minimum atomic E-state index is -3.88. The average Bonchev–Trinajstić information content (AvgIpc) is 2.59. The van der Waals surface area contributed by atoms with E-state index in [1.165, 1.54) is 19.2 Å². The number of hydrogen-bond donors (Lipinski definition) is 1. The lowest BCUT2D eigenvalue weighted by Crippen LogP contribution is -2.41. The molecule has 0 radical (unpaired) electrons. The molecule has 0 unspecified atom stereocenters. The third kappa shape index (κ3) is 4.15. The third-order valence-corrected chi connectivity index (χ3v) is 6.12. The van der Waals surface area contributed by atoms with E-state index in [0.717, 1.165) is 5.56 Å². The van der Waals surface area contributed by atoms with E-state index in [2.05, 4.69) is 4.72 Å². The van der Waals surface area contributed by atoms with E-state index in [0.29, 0.717) is 22.9 Å². The summed E-state index contributed by atoms with van der Waals surface area (Å²) in [6.07, 6.45) is 0.467. The second-order valence-corrected chi connectivity index (χ2v) is 9.06. The molecule has 2 aromatic rings. The van der Waals surface area contributed by atoms with Gasteiger partial charge in [0.1, 0.15) is 27.7 Å². The van der Waals surface area contributed by atoms with Gasteiger partial charge in [-0.3, -0.25) is 0 Å². The number of nitrogens with one attached hydrogen (secondary N) is 1. The van der Waals surface area contributed by atoms with Crippen molar-refractivity contribution < 1.29 is 22.6 Å². The zero-order valence-corrected chi connectivity index (χ0v) is 17.1. The Morgan fingerprint density at radius 3 is 2.56 bits per heavy atom. The van der Waals surface area contributed by atoms with Crippen LogP contribution in [0.1, 0.15) is 31.9 Å². The van der Waals surface area contributed by atoms with Gasteiger partial charge in [-0.15, -0.1) is 0 Å². The summed E-state index contributed by atoms with van der Waals surface area (Å²) in [5.41, 5.74) is 0.199. The molecule has 1 N–H and O–H groups in total. The maximum absolute atomic E-state index is 13.1. The Morgan fingerprint density at radius 2 is 1.89 bits per heavy atom. The first kappa shape index (κ1) is 19.8. The largest absolute Gasteiger partial charge is 0.497 e. The molecule has 0 amide bonds. The van der Waals surface area contributed by atoms with Crippen molar-refractivity contribution in [2.24, 2.45) is 0 Å². The summed E-state index contributed by atoms with van der Waals surface area (Å²) in [4.78, 5) is -0.00291. The molecule has 1 atom stereocenters. The molecule has 2 aromatic carbocycles. The second kappa shape index (κ2) is 7.22. The van der Waals surface area contributed by atoms with Crippen LogP contribution in [0.3, 0.4) is 0 Å². The second-order valence-electron chi connectivity index (χ2n) is 6.94. The maximum atomic E-state index is 13.1. The van der Waals surface area contributed by atoms with Crippen LogP contribution in [0.5, 0.6) is 17.2 Å². The Kier molecular flexibility index (Phi) is 5.29. The van der Waals surface area contributed by atoms with Crippen LogP contribution in [0.15, 0.2) is 41.3 Å². The summed E-state index contributed by atoms with van der Waals surface area (Å²) in [5.74, 6) is 1.47. The van der Waals surface area contributed by atoms with Gasteiger partial charge in [0.05, 0.1) is 20.3 Å². The number of ether oxygens (including phenoxy) is 3. The zero-order chi connectivity index (χ0) is 19.8. The molecule has 146 valence electrons. The van der Waals surface area contributed by atoms with Crippen LogP contribution < -0.4 is 18.9 Å². The first-order valence-corrected chi connectivity index (χ1v) is 10.2. The van der Waals surface area contributed by atoms with E-state index < -0.39 is 21.7 Å². The van der Waals surface area contributed by atoms with Gasteiger partial charge in [-0.05, 0) is 38.1 Å². The summed E-state index contributed by atoms with van der Waals surface area (Å²) >= 11 is 6.00. The van der Waals surface area contributed by atoms with Gasteiger partial charge in [0.25, 0.3) is 0 Å². The monoisotopic (exact) mass is 411 g/mol. The number of rotatable bonds is 5. The summed E-state index contributed by atoms with van der Waals surface area (Å²) in [5, 5.41) is 0.314. The number of fused-ring (bicyclic) bond motifs is 1. The number of sulfonamides is 1. The van der Waals surface area contributed by atoms with Crippen LogP contribution in [0.2, 0.25) is 5.02 Å². The van der Waals surface area contributed by atoms with Crippen LogP contribution in [-0.4, -0.2) is 28.2 Å². The highest BCUT2D eigenvalue weighted by Crippen LogP contribution is 2.42. The molecule has 27 heavy (non-hydrogen) atoms. The first-order valence-electron chi connectivity index (χ1n) is 8.38. The van der Waals surface area contributed by atoms with Crippen molar-refractivity contribution in [3.05, 3.63) is 47.0 Å². The van der Waals surface area contributed by atoms with E-state index in [-0.39, 0.29) is 10.6 Å². The molecular weight excluding hydrogens is 390 g/mol. The number of halogens is 1. The molecule has 1 aliphatic heterocycles. The fourth-order valence-corrected chi connectivity index (χ4v) is 4.82. The first-order chi connectivity index (χ1) is 12.6. The van der Waals surface area contributed by atoms with Crippen molar-refractivity contribution in [1.29, 1.82) is 0 Å². The molecule has 0 aliphatic carbocycles. The molecule has 6 nitrogen and oxygen atoms in total. The minimum Gasteiger partial charge on any atom is -0.497 e. The molecule has 1 heterocycles. The molecule has 8 heteroatoms. The fraction of sp³-hybridized carbons (Fsp3) is 0.368. The van der Waals surface area contributed by atoms with Gasteiger partial charge in [-0.2, -0.15) is 0 Å². The van der Waals surface area contributed by atoms with Crippen molar-refractivity contribution in [3.63, 3.8) is 0 Å². The van der Waals surface area contributed by atoms with E-state index in [4.69, 9.17) is 25.8 Å². The Morgan fingerprint density at radius 1 is 1.15 bits per heavy atom. The fourth-order valence-electron chi connectivity index (χ4n) is 3.18. The molecule has 0 spiro atoms. The lowest BCUT2D eigenvalue weighted by molar-refractivity contribution is 0.0698. The van der Waals surface area contributed by atoms with Crippen molar-refractivity contribution in [2.45, 2.75) is 36.8 Å². The van der Waals surface area contributed by atoms with Crippen molar-refractivity contribution in [2.75, 3.05) is 14.2 Å². The normalized spacial score (nSPS) is 18.3. The smallest absolute Gasteiger partial charge is 0.244 e. The summed E-state index contributed by atoms with van der Waals surface area (Å²) < 4.78 is 45.4. The van der Waals surface area contributed by atoms with Gasteiger partial charge in [0, 0.05) is 23.1 Å². The summed E-state index contributed by atoms with van der Waals surface area (Å²) in [6.45, 7) is 3.83. The van der Waals surface area contributed by atoms with E-state index in [1.54, 1.807) is 25.3 Å². The predicted octanol–water partition coefficient (Wildman–Crippen LogP) is 3.94. The minimum absolute atomic E-state index is 0.00291. The summed E-state index contributed by atoms with van der Waals surface area (Å²) in [7, 11) is -0.891. The lowest BCUT2D eigenvalue weighted by Gasteiger charge is -2.37. The van der Waals surface area contributed by atoms with E-state index in [9.17, 15) is 8.42 Å². The molecule has 0 fully saturated rings. The average molecular weight is 412 g/mol. The highest BCUT2D eigenvalue weighted by molar-refractivity contribution is 7.89.